The molecule has 0 saturated carbocycles. The van der Waals surface area contributed by atoms with E-state index in [1.54, 1.807) is 6.92 Å². The lowest BCUT2D eigenvalue weighted by Gasteiger charge is -2.22. The second-order valence-electron chi connectivity index (χ2n) is 7.60. The molecule has 0 aromatic carbocycles. The van der Waals surface area contributed by atoms with Crippen molar-refractivity contribution in [2.45, 2.75) is 64.1 Å². The van der Waals surface area contributed by atoms with Crippen LogP contribution in [0.3, 0.4) is 0 Å². The molecule has 4 amide bonds. The summed E-state index contributed by atoms with van der Waals surface area (Å²) in [6.45, 7) is 3.43. The highest BCUT2D eigenvalue weighted by Gasteiger charge is 2.27. The van der Waals surface area contributed by atoms with Crippen LogP contribution in [0.1, 0.15) is 46.0 Å². The highest BCUT2D eigenvalue weighted by molar-refractivity contribution is 5.92. The molecule has 0 aliphatic rings. The van der Waals surface area contributed by atoms with Gasteiger partial charge in [-0.3, -0.25) is 24.2 Å². The minimum Gasteiger partial charge on any atom is -0.480 e. The fraction of sp³-hybridized carbons (Fsp3) is 0.684. The van der Waals surface area contributed by atoms with E-state index in [1.807, 2.05) is 6.92 Å². The van der Waals surface area contributed by atoms with Crippen molar-refractivity contribution < 1.29 is 29.1 Å². The Hall–Kier alpha value is -3.42. The lowest BCUT2D eigenvalue weighted by atomic mass is 9.99. The van der Waals surface area contributed by atoms with Gasteiger partial charge in [0.1, 0.15) is 12.1 Å². The van der Waals surface area contributed by atoms with E-state index >= 15 is 0 Å². The molecule has 0 aliphatic heterocycles. The van der Waals surface area contributed by atoms with Crippen molar-refractivity contribution in [3.8, 4) is 0 Å². The van der Waals surface area contributed by atoms with Crippen LogP contribution < -0.4 is 38.9 Å². The van der Waals surface area contributed by atoms with Gasteiger partial charge in [-0.1, -0.05) is 20.3 Å². The van der Waals surface area contributed by atoms with Crippen molar-refractivity contribution in [3.05, 3.63) is 0 Å². The Morgan fingerprint density at radius 2 is 1.61 bits per heavy atom. The number of aliphatic imine (C=N–C) groups is 1. The van der Waals surface area contributed by atoms with E-state index in [4.69, 9.17) is 22.9 Å². The number of carboxylic acids is 1. The van der Waals surface area contributed by atoms with E-state index in [-0.39, 0.29) is 37.7 Å². The van der Waals surface area contributed by atoms with Gasteiger partial charge >= 0.3 is 5.97 Å². The lowest BCUT2D eigenvalue weighted by Crippen LogP contribution is -2.54. The maximum absolute atomic E-state index is 12.6. The van der Waals surface area contributed by atoms with Crippen LogP contribution in [0.15, 0.2) is 4.99 Å². The number of hydrogen-bond donors (Lipinski definition) is 8. The number of aliphatic carboxylic acids is 1. The minimum atomic E-state index is -1.38. The molecule has 14 nitrogen and oxygen atoms in total. The number of carbonyl (C=O) groups excluding carboxylic acids is 4. The molecule has 0 bridgehead atoms. The van der Waals surface area contributed by atoms with Gasteiger partial charge in [0.05, 0.1) is 12.6 Å². The fourth-order valence-corrected chi connectivity index (χ4v) is 2.63. The van der Waals surface area contributed by atoms with E-state index < -0.39 is 54.3 Å². The number of rotatable bonds is 16. The van der Waals surface area contributed by atoms with E-state index in [0.717, 1.165) is 0 Å². The van der Waals surface area contributed by atoms with Crippen LogP contribution >= 0.6 is 0 Å². The second kappa shape index (κ2) is 15.4. The maximum Gasteiger partial charge on any atom is 0.326 e. The Labute approximate surface area is 192 Å². The Morgan fingerprint density at radius 1 is 0.970 bits per heavy atom. The molecule has 0 spiro atoms. The molecule has 4 atom stereocenters. The molecular formula is C19H36N8O6. The van der Waals surface area contributed by atoms with Crippen molar-refractivity contribution in [1.29, 1.82) is 0 Å². The number of guanidine groups is 1. The van der Waals surface area contributed by atoms with Crippen molar-refractivity contribution in [1.82, 2.24) is 16.0 Å². The van der Waals surface area contributed by atoms with Crippen molar-refractivity contribution >= 4 is 35.6 Å². The summed E-state index contributed by atoms with van der Waals surface area (Å²) in [5, 5.41) is 16.4. The van der Waals surface area contributed by atoms with Crippen molar-refractivity contribution in [2.24, 2.45) is 33.8 Å². The first kappa shape index (κ1) is 29.6. The average molecular weight is 473 g/mol. The minimum absolute atomic E-state index is 0.0802. The van der Waals surface area contributed by atoms with Gasteiger partial charge in [-0.2, -0.15) is 0 Å². The van der Waals surface area contributed by atoms with Gasteiger partial charge in [-0.25, -0.2) is 4.79 Å². The zero-order valence-electron chi connectivity index (χ0n) is 19.0. The molecule has 0 aromatic rings. The quantitative estimate of drug-likeness (QED) is 0.0639. The molecule has 0 radical (unpaired) electrons. The third-order valence-corrected chi connectivity index (χ3v) is 4.87. The normalized spacial score (nSPS) is 14.2. The van der Waals surface area contributed by atoms with E-state index in [2.05, 4.69) is 20.9 Å². The molecule has 0 fully saturated rings. The highest BCUT2D eigenvalue weighted by Crippen LogP contribution is 2.05. The molecule has 12 N–H and O–H groups in total. The smallest absolute Gasteiger partial charge is 0.326 e. The van der Waals surface area contributed by atoms with E-state index in [1.165, 1.54) is 0 Å². The summed E-state index contributed by atoms with van der Waals surface area (Å²) in [5.41, 5.74) is 21.4. The van der Waals surface area contributed by atoms with Gasteiger partial charge in [-0.15, -0.1) is 0 Å². The molecule has 0 heterocycles. The summed E-state index contributed by atoms with van der Waals surface area (Å²) in [7, 11) is 0. The zero-order chi connectivity index (χ0) is 25.6. The molecular weight excluding hydrogens is 436 g/mol. The van der Waals surface area contributed by atoms with E-state index in [9.17, 15) is 29.1 Å². The Balaban J connectivity index is 5.12. The van der Waals surface area contributed by atoms with Crippen LogP contribution in [0.25, 0.3) is 0 Å². The second-order valence-corrected chi connectivity index (χ2v) is 7.60. The third kappa shape index (κ3) is 12.9. The SMILES string of the molecule is CCC(C)C(N)C(=O)NCC(=O)NC(CCCN=C(N)N)C(=O)NC(CCC(N)=O)C(=O)O. The number of nitrogens with zero attached hydrogens (tertiary/aromatic N) is 1. The Kier molecular flexibility index (Phi) is 13.8. The standard InChI is InChI=1S/C19H36N8O6/c1-3-10(2)15(21)17(31)25-9-14(29)26-11(5-4-8-24-19(22)23)16(30)27-12(18(32)33)6-7-13(20)28/h10-12,15H,3-9,21H2,1-2H3,(H2,20,28)(H,25,31)(H,26,29)(H,27,30)(H,32,33)(H4,22,23,24). The first-order chi connectivity index (χ1) is 15.4. The molecule has 188 valence electrons. The van der Waals surface area contributed by atoms with Crippen LogP contribution in [-0.4, -0.2) is 71.9 Å². The fourth-order valence-electron chi connectivity index (χ4n) is 2.63. The molecule has 0 aliphatic carbocycles. The van der Waals surface area contributed by atoms with Gasteiger partial charge in [0.2, 0.25) is 23.6 Å². The summed E-state index contributed by atoms with van der Waals surface area (Å²) in [4.78, 5) is 63.1. The van der Waals surface area contributed by atoms with Crippen LogP contribution in [0.5, 0.6) is 0 Å². The summed E-state index contributed by atoms with van der Waals surface area (Å²) >= 11 is 0. The molecule has 0 rings (SSSR count). The molecule has 14 heteroatoms. The lowest BCUT2D eigenvalue weighted by molar-refractivity contribution is -0.142. The maximum atomic E-state index is 12.6. The van der Waals surface area contributed by atoms with E-state index in [0.29, 0.717) is 12.8 Å². The number of carboxylic acid groups (broad SMARTS) is 1. The van der Waals surface area contributed by atoms with Gasteiger partial charge in [0, 0.05) is 13.0 Å². The predicted molar refractivity (Wildman–Crippen MR) is 120 cm³/mol. The number of carbonyl (C=O) groups is 5. The summed E-state index contributed by atoms with van der Waals surface area (Å²) in [6.07, 6.45) is 0.590. The Bertz CT molecular complexity index is 725. The molecule has 0 saturated heterocycles. The van der Waals surface area contributed by atoms with Crippen LogP contribution in [-0.2, 0) is 24.0 Å². The topological polar surface area (TPSA) is 258 Å². The number of nitrogens with one attached hydrogen (secondary N) is 3. The average Bonchev–Trinajstić information content (AvgIpc) is 2.74. The third-order valence-electron chi connectivity index (χ3n) is 4.87. The van der Waals surface area contributed by atoms with Gasteiger partial charge in [-0.05, 0) is 25.2 Å². The highest BCUT2D eigenvalue weighted by atomic mass is 16.4. The van der Waals surface area contributed by atoms with Crippen molar-refractivity contribution in [3.63, 3.8) is 0 Å². The summed E-state index contributed by atoms with van der Waals surface area (Å²) < 4.78 is 0. The van der Waals surface area contributed by atoms with Gasteiger partial charge in [0.25, 0.3) is 0 Å². The van der Waals surface area contributed by atoms with Crippen molar-refractivity contribution in [2.75, 3.05) is 13.1 Å². The monoisotopic (exact) mass is 472 g/mol. The van der Waals surface area contributed by atoms with Crippen LogP contribution in [0, 0.1) is 5.92 Å². The summed E-state index contributed by atoms with van der Waals surface area (Å²) in [6, 6.07) is -3.30. The first-order valence-electron chi connectivity index (χ1n) is 10.6. The molecule has 0 aromatic heterocycles. The van der Waals surface area contributed by atoms with Crippen LogP contribution in [0.4, 0.5) is 0 Å². The zero-order valence-corrected chi connectivity index (χ0v) is 19.0. The Morgan fingerprint density at radius 3 is 2.12 bits per heavy atom. The number of primary amides is 1. The van der Waals surface area contributed by atoms with Gasteiger partial charge < -0.3 is 44.0 Å². The molecule has 4 unspecified atom stereocenters. The number of amides is 4. The molecule has 33 heavy (non-hydrogen) atoms. The van der Waals surface area contributed by atoms with Gasteiger partial charge in [0.15, 0.2) is 5.96 Å². The largest absolute Gasteiger partial charge is 0.480 e. The number of nitrogens with two attached hydrogens (primary N) is 4. The van der Waals surface area contributed by atoms with Crippen LogP contribution in [0.2, 0.25) is 0 Å². The predicted octanol–water partition coefficient (Wildman–Crippen LogP) is -3.15. The first-order valence-corrected chi connectivity index (χ1v) is 10.6. The number of hydrogen-bond acceptors (Lipinski definition) is 7. The summed E-state index contributed by atoms with van der Waals surface area (Å²) in [5.74, 6) is -4.28.